The van der Waals surface area contributed by atoms with E-state index in [1.807, 2.05) is 6.07 Å². The summed E-state index contributed by atoms with van der Waals surface area (Å²) in [7, 11) is 1.66. The van der Waals surface area contributed by atoms with E-state index in [4.69, 9.17) is 4.74 Å². The Balaban J connectivity index is 2.02. The molecule has 1 aromatic rings. The number of carboxylic acid groups (broad SMARTS) is 1. The normalized spacial score (nSPS) is 29.8. The van der Waals surface area contributed by atoms with Crippen LogP contribution in [-0.4, -0.2) is 18.2 Å². The van der Waals surface area contributed by atoms with E-state index in [2.05, 4.69) is 12.1 Å². The van der Waals surface area contributed by atoms with Crippen LogP contribution in [0.3, 0.4) is 0 Å². The van der Waals surface area contributed by atoms with Crippen LogP contribution >= 0.6 is 0 Å². The Bertz CT molecular complexity index is 480. The fraction of sp³-hybridized carbons (Fsp3) is 0.500. The zero-order chi connectivity index (χ0) is 12.0. The van der Waals surface area contributed by atoms with Gasteiger partial charge in [0.25, 0.3) is 0 Å². The number of fused-ring (bicyclic) bond motifs is 2. The first-order valence-corrected chi connectivity index (χ1v) is 6.07. The van der Waals surface area contributed by atoms with Crippen LogP contribution < -0.4 is 4.74 Å². The first kappa shape index (κ1) is 10.6. The van der Waals surface area contributed by atoms with Gasteiger partial charge in [0.1, 0.15) is 5.75 Å². The number of aryl methyl sites for hydroxylation is 1. The molecular weight excluding hydrogens is 216 g/mol. The van der Waals surface area contributed by atoms with E-state index in [0.29, 0.717) is 0 Å². The lowest BCUT2D eigenvalue weighted by Gasteiger charge is -2.26. The van der Waals surface area contributed by atoms with Gasteiger partial charge in [-0.25, -0.2) is 0 Å². The van der Waals surface area contributed by atoms with Crippen LogP contribution in [0.5, 0.6) is 5.75 Å². The predicted octanol–water partition coefficient (Wildman–Crippen LogP) is 2.37. The standard InChI is InChI=1S/C14H16O3/c1-17-10-4-5-11-9(7-10)3-2-6-14(11)8-12(14)13(15)16/h4-5,7,12H,2-3,6,8H2,1H3,(H,15,16). The Hall–Kier alpha value is -1.51. The second-order valence-corrected chi connectivity index (χ2v) is 5.13. The number of rotatable bonds is 2. The van der Waals surface area contributed by atoms with Crippen molar-refractivity contribution < 1.29 is 14.6 Å². The van der Waals surface area contributed by atoms with Gasteiger partial charge in [0.05, 0.1) is 13.0 Å². The Morgan fingerprint density at radius 3 is 3.00 bits per heavy atom. The van der Waals surface area contributed by atoms with Crippen molar-refractivity contribution in [3.63, 3.8) is 0 Å². The number of methoxy groups -OCH3 is 1. The van der Waals surface area contributed by atoms with E-state index in [-0.39, 0.29) is 11.3 Å². The smallest absolute Gasteiger partial charge is 0.307 e. The summed E-state index contributed by atoms with van der Waals surface area (Å²) in [4.78, 5) is 11.1. The Morgan fingerprint density at radius 1 is 1.53 bits per heavy atom. The molecule has 1 fully saturated rings. The molecule has 0 saturated heterocycles. The quantitative estimate of drug-likeness (QED) is 0.851. The van der Waals surface area contributed by atoms with Crippen molar-refractivity contribution in [2.24, 2.45) is 5.92 Å². The van der Waals surface area contributed by atoms with Crippen molar-refractivity contribution in [3.05, 3.63) is 29.3 Å². The first-order chi connectivity index (χ1) is 8.17. The van der Waals surface area contributed by atoms with Crippen molar-refractivity contribution in [3.8, 4) is 5.75 Å². The summed E-state index contributed by atoms with van der Waals surface area (Å²) in [6.07, 6.45) is 3.95. The Morgan fingerprint density at radius 2 is 2.35 bits per heavy atom. The second kappa shape index (κ2) is 3.49. The minimum Gasteiger partial charge on any atom is -0.497 e. The zero-order valence-corrected chi connectivity index (χ0v) is 9.90. The first-order valence-electron chi connectivity index (χ1n) is 6.07. The summed E-state index contributed by atoms with van der Waals surface area (Å²) >= 11 is 0. The number of carboxylic acids is 1. The minimum absolute atomic E-state index is 0.0638. The van der Waals surface area contributed by atoms with Gasteiger partial charge < -0.3 is 9.84 Å². The molecule has 1 N–H and O–H groups in total. The molecule has 3 heteroatoms. The van der Waals surface area contributed by atoms with Crippen molar-refractivity contribution in [2.75, 3.05) is 7.11 Å². The molecule has 17 heavy (non-hydrogen) atoms. The maximum Gasteiger partial charge on any atom is 0.307 e. The van der Waals surface area contributed by atoms with E-state index in [0.717, 1.165) is 31.4 Å². The van der Waals surface area contributed by atoms with Crippen molar-refractivity contribution in [1.82, 2.24) is 0 Å². The Kier molecular flexibility index (Phi) is 2.18. The van der Waals surface area contributed by atoms with Crippen LogP contribution in [-0.2, 0) is 16.6 Å². The predicted molar refractivity (Wildman–Crippen MR) is 63.4 cm³/mol. The third kappa shape index (κ3) is 1.45. The van der Waals surface area contributed by atoms with Gasteiger partial charge in [0.15, 0.2) is 0 Å². The summed E-state index contributed by atoms with van der Waals surface area (Å²) < 4.78 is 5.23. The van der Waals surface area contributed by atoms with Crippen LogP contribution in [0.25, 0.3) is 0 Å². The van der Waals surface area contributed by atoms with Crippen LogP contribution in [0.1, 0.15) is 30.4 Å². The molecule has 2 aliphatic carbocycles. The van der Waals surface area contributed by atoms with Gasteiger partial charge in [0.2, 0.25) is 0 Å². The molecule has 2 aliphatic rings. The fourth-order valence-electron chi connectivity index (χ4n) is 3.32. The van der Waals surface area contributed by atoms with Gasteiger partial charge in [-0.2, -0.15) is 0 Å². The SMILES string of the molecule is COc1ccc2c(c1)CCCC21CC1C(=O)O. The van der Waals surface area contributed by atoms with Gasteiger partial charge in [-0.15, -0.1) is 0 Å². The molecule has 90 valence electrons. The van der Waals surface area contributed by atoms with Gasteiger partial charge >= 0.3 is 5.97 Å². The maximum atomic E-state index is 11.1. The molecule has 3 nitrogen and oxygen atoms in total. The molecule has 0 radical (unpaired) electrons. The molecule has 0 aliphatic heterocycles. The van der Waals surface area contributed by atoms with E-state index in [1.165, 1.54) is 11.1 Å². The fourth-order valence-corrected chi connectivity index (χ4v) is 3.32. The number of hydrogen-bond donors (Lipinski definition) is 1. The molecule has 1 saturated carbocycles. The molecule has 2 atom stereocenters. The summed E-state index contributed by atoms with van der Waals surface area (Å²) in [6.45, 7) is 0. The number of hydrogen-bond acceptors (Lipinski definition) is 2. The summed E-state index contributed by atoms with van der Waals surface area (Å²) in [5, 5.41) is 9.17. The number of ether oxygens (including phenoxy) is 1. The number of benzene rings is 1. The van der Waals surface area contributed by atoms with Crippen LogP contribution in [0, 0.1) is 5.92 Å². The lowest BCUT2D eigenvalue weighted by atomic mass is 9.78. The highest BCUT2D eigenvalue weighted by molar-refractivity contribution is 5.77. The monoisotopic (exact) mass is 232 g/mol. The maximum absolute atomic E-state index is 11.1. The molecule has 1 aromatic carbocycles. The summed E-state index contributed by atoms with van der Waals surface area (Å²) in [5.74, 6) is 0.0527. The van der Waals surface area contributed by atoms with Gasteiger partial charge in [-0.3, -0.25) is 4.79 Å². The van der Waals surface area contributed by atoms with Crippen molar-refractivity contribution in [1.29, 1.82) is 0 Å². The third-order valence-electron chi connectivity index (χ3n) is 4.29. The topological polar surface area (TPSA) is 46.5 Å². The zero-order valence-electron chi connectivity index (χ0n) is 9.90. The van der Waals surface area contributed by atoms with Crippen molar-refractivity contribution >= 4 is 5.97 Å². The highest BCUT2D eigenvalue weighted by atomic mass is 16.5. The molecule has 3 rings (SSSR count). The lowest BCUT2D eigenvalue weighted by Crippen LogP contribution is -2.21. The third-order valence-corrected chi connectivity index (χ3v) is 4.29. The summed E-state index contributed by atoms with van der Waals surface area (Å²) in [5.41, 5.74) is 2.46. The average Bonchev–Trinajstić information content (AvgIpc) is 3.04. The molecule has 0 bridgehead atoms. The second-order valence-electron chi connectivity index (χ2n) is 5.13. The van der Waals surface area contributed by atoms with Crippen LogP contribution in [0.2, 0.25) is 0 Å². The Labute approximate surface area is 100 Å². The van der Waals surface area contributed by atoms with E-state index in [1.54, 1.807) is 7.11 Å². The van der Waals surface area contributed by atoms with Crippen molar-refractivity contribution in [2.45, 2.75) is 31.1 Å². The lowest BCUT2D eigenvalue weighted by molar-refractivity contribution is -0.139. The average molecular weight is 232 g/mol. The number of aliphatic carboxylic acids is 1. The largest absolute Gasteiger partial charge is 0.497 e. The molecular formula is C14H16O3. The van der Waals surface area contributed by atoms with Crippen LogP contribution in [0.15, 0.2) is 18.2 Å². The minimum atomic E-state index is -0.645. The van der Waals surface area contributed by atoms with Gasteiger partial charge in [0, 0.05) is 5.41 Å². The van der Waals surface area contributed by atoms with Gasteiger partial charge in [-0.1, -0.05) is 6.07 Å². The highest BCUT2D eigenvalue weighted by Gasteiger charge is 2.60. The molecule has 0 heterocycles. The van der Waals surface area contributed by atoms with Gasteiger partial charge in [-0.05, 0) is 48.9 Å². The number of carbonyl (C=O) groups is 1. The molecule has 0 amide bonds. The summed E-state index contributed by atoms with van der Waals surface area (Å²) in [6, 6.07) is 6.08. The molecule has 0 aromatic heterocycles. The highest BCUT2D eigenvalue weighted by Crippen LogP contribution is 2.60. The van der Waals surface area contributed by atoms with Crippen LogP contribution in [0.4, 0.5) is 0 Å². The molecule has 2 unspecified atom stereocenters. The van der Waals surface area contributed by atoms with E-state index >= 15 is 0 Å². The van der Waals surface area contributed by atoms with E-state index in [9.17, 15) is 9.90 Å². The molecule has 1 spiro atoms. The van der Waals surface area contributed by atoms with E-state index < -0.39 is 5.97 Å².